The molecular formula is C29H30N2Si. The van der Waals surface area contributed by atoms with Gasteiger partial charge >= 0.3 is 0 Å². The van der Waals surface area contributed by atoms with E-state index in [2.05, 4.69) is 123 Å². The van der Waals surface area contributed by atoms with Crippen LogP contribution in [0.4, 0.5) is 0 Å². The first-order valence-electron chi connectivity index (χ1n) is 11.4. The molecule has 0 aliphatic heterocycles. The summed E-state index contributed by atoms with van der Waals surface area (Å²) in [5, 5.41) is 4.01. The third-order valence-electron chi connectivity index (χ3n) is 6.35. The van der Waals surface area contributed by atoms with E-state index < -0.39 is 8.07 Å². The van der Waals surface area contributed by atoms with Crippen LogP contribution in [0.3, 0.4) is 0 Å². The second kappa shape index (κ2) is 7.75. The van der Waals surface area contributed by atoms with Gasteiger partial charge in [0.05, 0.1) is 24.8 Å². The van der Waals surface area contributed by atoms with Crippen molar-refractivity contribution < 1.29 is 0 Å². The van der Waals surface area contributed by atoms with Gasteiger partial charge in [0.1, 0.15) is 0 Å². The fraction of sp³-hybridized carbons (Fsp3) is 0.207. The van der Waals surface area contributed by atoms with Crippen LogP contribution in [0.25, 0.3) is 38.8 Å². The van der Waals surface area contributed by atoms with Crippen LogP contribution in [0.5, 0.6) is 0 Å². The predicted molar refractivity (Wildman–Crippen MR) is 141 cm³/mol. The highest BCUT2D eigenvalue weighted by molar-refractivity contribution is 6.89. The molecule has 0 saturated carbocycles. The van der Waals surface area contributed by atoms with Crippen LogP contribution >= 0.6 is 0 Å². The molecule has 0 bridgehead atoms. The Kier molecular flexibility index (Phi) is 5.02. The average molecular weight is 435 g/mol. The van der Waals surface area contributed by atoms with Gasteiger partial charge in [-0.1, -0.05) is 76.0 Å². The van der Waals surface area contributed by atoms with E-state index in [9.17, 15) is 0 Å². The summed E-state index contributed by atoms with van der Waals surface area (Å²) in [6, 6.07) is 28.4. The van der Waals surface area contributed by atoms with Crippen molar-refractivity contribution in [1.82, 2.24) is 9.55 Å². The number of para-hydroxylation sites is 2. The van der Waals surface area contributed by atoms with Crippen molar-refractivity contribution in [2.45, 2.75) is 39.4 Å². The van der Waals surface area contributed by atoms with Gasteiger partial charge in [-0.3, -0.25) is 4.98 Å². The molecule has 0 unspecified atom stereocenters. The largest absolute Gasteiger partial charge is 0.309 e. The first kappa shape index (κ1) is 20.7. The topological polar surface area (TPSA) is 17.8 Å². The zero-order chi connectivity index (χ0) is 22.5. The fourth-order valence-electron chi connectivity index (χ4n) is 4.72. The van der Waals surface area contributed by atoms with E-state index in [1.807, 2.05) is 0 Å². The molecule has 0 aliphatic rings. The van der Waals surface area contributed by atoms with Crippen LogP contribution in [0.15, 0.2) is 85.1 Å². The molecule has 2 heterocycles. The molecule has 2 aromatic heterocycles. The van der Waals surface area contributed by atoms with Gasteiger partial charge in [-0.15, -0.1) is 0 Å². The Bertz CT molecular complexity index is 1420. The number of rotatable bonds is 4. The third kappa shape index (κ3) is 3.47. The number of hydrogen-bond donors (Lipinski definition) is 0. The van der Waals surface area contributed by atoms with E-state index >= 15 is 0 Å². The van der Waals surface area contributed by atoms with Crippen molar-refractivity contribution in [2.24, 2.45) is 0 Å². The highest BCUT2D eigenvalue weighted by atomic mass is 28.3. The molecule has 0 fully saturated rings. The number of nitrogens with zero attached hydrogens (tertiary/aromatic N) is 2. The molecule has 0 aliphatic carbocycles. The quantitative estimate of drug-likeness (QED) is 0.268. The Balaban J connectivity index is 1.73. The lowest BCUT2D eigenvalue weighted by Gasteiger charge is -2.23. The van der Waals surface area contributed by atoms with E-state index in [1.54, 1.807) is 0 Å². The number of aromatic nitrogens is 2. The fourth-order valence-corrected chi connectivity index (χ4v) is 6.40. The van der Waals surface area contributed by atoms with Gasteiger partial charge in [-0.05, 0) is 53.1 Å². The van der Waals surface area contributed by atoms with Crippen molar-refractivity contribution in [1.29, 1.82) is 0 Å². The molecular weight excluding hydrogens is 404 g/mol. The second-order valence-corrected chi connectivity index (χ2v) is 15.0. The number of hydrogen-bond acceptors (Lipinski definition) is 1. The van der Waals surface area contributed by atoms with Crippen molar-refractivity contribution >= 4 is 35.1 Å². The summed E-state index contributed by atoms with van der Waals surface area (Å²) < 4.78 is 2.36. The van der Waals surface area contributed by atoms with Gasteiger partial charge in [-0.2, -0.15) is 0 Å². The Morgan fingerprint density at radius 1 is 0.750 bits per heavy atom. The zero-order valence-electron chi connectivity index (χ0n) is 19.6. The first-order valence-corrected chi connectivity index (χ1v) is 14.9. The molecule has 5 aromatic rings. The van der Waals surface area contributed by atoms with E-state index in [4.69, 9.17) is 4.98 Å². The minimum Gasteiger partial charge on any atom is -0.309 e. The molecule has 32 heavy (non-hydrogen) atoms. The Labute approximate surface area is 191 Å². The standard InChI is InChI=1S/C29H30N2Si/c1-20(2)24-18-26(30-19-29(24)32(3,4)5)21-15-16-28-25(17-21)23-13-9-10-14-27(23)31(28)22-11-7-6-8-12-22/h6-20H,1-5H3. The maximum absolute atomic E-state index is 4.94. The summed E-state index contributed by atoms with van der Waals surface area (Å²) in [4.78, 5) is 4.94. The number of pyridine rings is 1. The average Bonchev–Trinajstić information content (AvgIpc) is 3.12. The van der Waals surface area contributed by atoms with Crippen molar-refractivity contribution in [3.63, 3.8) is 0 Å². The first-order chi connectivity index (χ1) is 15.3. The third-order valence-corrected chi connectivity index (χ3v) is 8.38. The van der Waals surface area contributed by atoms with Gasteiger partial charge < -0.3 is 4.57 Å². The summed E-state index contributed by atoms with van der Waals surface area (Å²) in [5.41, 5.74) is 7.33. The van der Waals surface area contributed by atoms with E-state index in [-0.39, 0.29) is 0 Å². The van der Waals surface area contributed by atoms with Crippen LogP contribution < -0.4 is 5.19 Å². The van der Waals surface area contributed by atoms with Gasteiger partial charge in [0.2, 0.25) is 0 Å². The normalized spacial score (nSPS) is 12.2. The molecule has 0 atom stereocenters. The van der Waals surface area contributed by atoms with Crippen molar-refractivity contribution in [3.8, 4) is 16.9 Å². The minimum absolute atomic E-state index is 0.488. The van der Waals surface area contributed by atoms with Crippen molar-refractivity contribution in [2.75, 3.05) is 0 Å². The highest BCUT2D eigenvalue weighted by Gasteiger charge is 2.23. The molecule has 3 heteroatoms. The van der Waals surface area contributed by atoms with Gasteiger partial charge in [0.15, 0.2) is 0 Å². The van der Waals surface area contributed by atoms with Crippen LogP contribution in [0, 0.1) is 0 Å². The molecule has 0 saturated heterocycles. The zero-order valence-corrected chi connectivity index (χ0v) is 20.6. The Morgan fingerprint density at radius 3 is 2.16 bits per heavy atom. The minimum atomic E-state index is -1.44. The molecule has 5 rings (SSSR count). The van der Waals surface area contributed by atoms with E-state index in [1.165, 1.54) is 43.8 Å². The lowest BCUT2D eigenvalue weighted by molar-refractivity contribution is 0.870. The van der Waals surface area contributed by atoms with Crippen molar-refractivity contribution in [3.05, 3.63) is 90.6 Å². The molecule has 2 nitrogen and oxygen atoms in total. The van der Waals surface area contributed by atoms with Crippen LogP contribution in [-0.4, -0.2) is 17.6 Å². The summed E-state index contributed by atoms with van der Waals surface area (Å²) in [6.45, 7) is 11.8. The lowest BCUT2D eigenvalue weighted by atomic mass is 10.0. The second-order valence-electron chi connectivity index (χ2n) is 9.98. The van der Waals surface area contributed by atoms with E-state index in [0.29, 0.717) is 5.92 Å². The summed E-state index contributed by atoms with van der Waals surface area (Å²) in [6.07, 6.45) is 2.15. The molecule has 0 spiro atoms. The highest BCUT2D eigenvalue weighted by Crippen LogP contribution is 2.34. The summed E-state index contributed by atoms with van der Waals surface area (Å²) in [5.74, 6) is 0.488. The predicted octanol–water partition coefficient (Wildman–Crippen LogP) is 7.51. The van der Waals surface area contributed by atoms with Crippen LogP contribution in [0.2, 0.25) is 19.6 Å². The molecule has 0 N–H and O–H groups in total. The molecule has 160 valence electrons. The molecule has 0 amide bonds. The Morgan fingerprint density at radius 2 is 1.44 bits per heavy atom. The maximum Gasteiger partial charge on any atom is 0.0799 e. The van der Waals surface area contributed by atoms with Gasteiger partial charge in [0.25, 0.3) is 0 Å². The lowest BCUT2D eigenvalue weighted by Crippen LogP contribution is -2.40. The van der Waals surface area contributed by atoms with Crippen LogP contribution in [-0.2, 0) is 0 Å². The molecule has 3 aromatic carbocycles. The maximum atomic E-state index is 4.94. The number of fused-ring (bicyclic) bond motifs is 3. The number of benzene rings is 3. The van der Waals surface area contributed by atoms with Gasteiger partial charge in [-0.25, -0.2) is 0 Å². The van der Waals surface area contributed by atoms with Gasteiger partial charge in [0, 0.05) is 28.2 Å². The van der Waals surface area contributed by atoms with E-state index in [0.717, 1.165) is 5.69 Å². The molecule has 0 radical (unpaired) electrons. The summed E-state index contributed by atoms with van der Waals surface area (Å²) in [7, 11) is -1.44. The smallest absolute Gasteiger partial charge is 0.0799 e. The Hall–Kier alpha value is -3.17. The van der Waals surface area contributed by atoms with Crippen LogP contribution in [0.1, 0.15) is 25.3 Å². The SMILES string of the molecule is CC(C)c1cc(-c2ccc3c(c2)c2ccccc2n3-c2ccccc2)ncc1[Si](C)(C)C. The summed E-state index contributed by atoms with van der Waals surface area (Å²) >= 11 is 0. The monoisotopic (exact) mass is 434 g/mol.